The van der Waals surface area contributed by atoms with E-state index >= 15 is 0 Å². The van der Waals surface area contributed by atoms with Gasteiger partial charge in [0, 0.05) is 34.6 Å². The average Bonchev–Trinajstić information content (AvgIpc) is 2.94. The largest absolute Gasteiger partial charge is 0.352 e. The van der Waals surface area contributed by atoms with Crippen LogP contribution in [0.1, 0.15) is 43.2 Å². The number of nitrogens with one attached hydrogen (secondary N) is 1. The molecular formula is C31H34Cl2FN3O4S. The summed E-state index contributed by atoms with van der Waals surface area (Å²) in [6.45, 7) is -0.888. The summed E-state index contributed by atoms with van der Waals surface area (Å²) in [5.74, 6) is -1.59. The molecule has 42 heavy (non-hydrogen) atoms. The SMILES string of the molecule is CS(=O)(=O)N(CC(=O)N(Cc1ccccc1F)[C@H](Cc1ccccc1)C(=O)NC1CCCCC1)c1cc(Cl)cc(Cl)c1. The zero-order valence-electron chi connectivity index (χ0n) is 23.3. The Kier molecular flexibility index (Phi) is 10.9. The van der Waals surface area contributed by atoms with Gasteiger partial charge in [0.25, 0.3) is 0 Å². The van der Waals surface area contributed by atoms with Crippen molar-refractivity contribution in [2.24, 2.45) is 0 Å². The van der Waals surface area contributed by atoms with Crippen molar-refractivity contribution in [3.63, 3.8) is 0 Å². The molecule has 0 aliphatic heterocycles. The van der Waals surface area contributed by atoms with Crippen LogP contribution in [0.3, 0.4) is 0 Å². The van der Waals surface area contributed by atoms with Gasteiger partial charge in [0.05, 0.1) is 11.9 Å². The number of benzene rings is 3. The normalized spacial score (nSPS) is 14.7. The van der Waals surface area contributed by atoms with Gasteiger partial charge in [-0.3, -0.25) is 13.9 Å². The molecule has 0 unspecified atom stereocenters. The Morgan fingerprint density at radius 1 is 0.952 bits per heavy atom. The fraction of sp³-hybridized carbons (Fsp3) is 0.355. The van der Waals surface area contributed by atoms with Crippen LogP contribution in [0.5, 0.6) is 0 Å². The van der Waals surface area contributed by atoms with Crippen molar-refractivity contribution in [1.82, 2.24) is 10.2 Å². The Hall–Kier alpha value is -3.14. The quantitative estimate of drug-likeness (QED) is 0.281. The highest BCUT2D eigenvalue weighted by atomic mass is 35.5. The monoisotopic (exact) mass is 633 g/mol. The summed E-state index contributed by atoms with van der Waals surface area (Å²) in [4.78, 5) is 29.3. The second-order valence-corrected chi connectivity index (χ2v) is 13.3. The van der Waals surface area contributed by atoms with Gasteiger partial charge in [0.2, 0.25) is 21.8 Å². The summed E-state index contributed by atoms with van der Waals surface area (Å²) >= 11 is 12.3. The van der Waals surface area contributed by atoms with E-state index in [1.54, 1.807) is 12.1 Å². The number of hydrogen-bond donors (Lipinski definition) is 1. The summed E-state index contributed by atoms with van der Waals surface area (Å²) < 4.78 is 41.6. The molecule has 3 aromatic rings. The maximum absolute atomic E-state index is 14.9. The molecule has 7 nitrogen and oxygen atoms in total. The second-order valence-electron chi connectivity index (χ2n) is 10.6. The van der Waals surface area contributed by atoms with Crippen molar-refractivity contribution >= 4 is 50.7 Å². The zero-order chi connectivity index (χ0) is 30.3. The van der Waals surface area contributed by atoms with Crippen LogP contribution in [0.15, 0.2) is 72.8 Å². The van der Waals surface area contributed by atoms with E-state index in [0.29, 0.717) is 0 Å². The van der Waals surface area contributed by atoms with E-state index in [9.17, 15) is 22.4 Å². The van der Waals surface area contributed by atoms with Crippen molar-refractivity contribution in [3.05, 3.63) is 99.8 Å². The molecule has 11 heteroatoms. The maximum Gasteiger partial charge on any atom is 0.244 e. The molecule has 0 radical (unpaired) electrons. The minimum Gasteiger partial charge on any atom is -0.352 e. The number of rotatable bonds is 11. The van der Waals surface area contributed by atoms with Gasteiger partial charge in [0.15, 0.2) is 0 Å². The fourth-order valence-corrected chi connectivity index (χ4v) is 6.55. The van der Waals surface area contributed by atoms with Crippen molar-refractivity contribution in [2.45, 2.75) is 57.2 Å². The predicted octanol–water partition coefficient (Wildman–Crippen LogP) is 5.99. The third-order valence-corrected chi connectivity index (χ3v) is 8.91. The first-order valence-electron chi connectivity index (χ1n) is 13.8. The highest BCUT2D eigenvalue weighted by Crippen LogP contribution is 2.28. The third kappa shape index (κ3) is 8.69. The number of carbonyl (C=O) groups is 2. The molecular weight excluding hydrogens is 600 g/mol. The van der Waals surface area contributed by atoms with Gasteiger partial charge < -0.3 is 10.2 Å². The molecule has 224 valence electrons. The highest BCUT2D eigenvalue weighted by Gasteiger charge is 2.34. The van der Waals surface area contributed by atoms with Crippen LogP contribution in [0.2, 0.25) is 10.0 Å². The number of hydrogen-bond acceptors (Lipinski definition) is 4. The molecule has 1 saturated carbocycles. The summed E-state index contributed by atoms with van der Waals surface area (Å²) in [7, 11) is -3.99. The van der Waals surface area contributed by atoms with Crippen molar-refractivity contribution < 1.29 is 22.4 Å². The molecule has 1 aliphatic rings. The molecule has 1 N–H and O–H groups in total. The van der Waals surface area contributed by atoms with Crippen LogP contribution in [0.4, 0.5) is 10.1 Å². The summed E-state index contributed by atoms with van der Waals surface area (Å²) in [5, 5.41) is 3.49. The Labute approximate surface area is 256 Å². The molecule has 4 rings (SSSR count). The van der Waals surface area contributed by atoms with E-state index in [4.69, 9.17) is 23.2 Å². The summed E-state index contributed by atoms with van der Waals surface area (Å²) in [6, 6.07) is 18.4. The molecule has 3 aromatic carbocycles. The lowest BCUT2D eigenvalue weighted by molar-refractivity contribution is -0.140. The van der Waals surface area contributed by atoms with E-state index in [0.717, 1.165) is 48.2 Å². The van der Waals surface area contributed by atoms with Gasteiger partial charge in [-0.1, -0.05) is 91.0 Å². The molecule has 0 saturated heterocycles. The van der Waals surface area contributed by atoms with Crippen molar-refractivity contribution in [1.29, 1.82) is 0 Å². The average molecular weight is 635 g/mol. The molecule has 1 atom stereocenters. The number of anilines is 1. The molecule has 0 bridgehead atoms. The molecule has 1 aliphatic carbocycles. The topological polar surface area (TPSA) is 86.8 Å². The van der Waals surface area contributed by atoms with Crippen LogP contribution >= 0.6 is 23.2 Å². The number of carbonyl (C=O) groups excluding carboxylic acids is 2. The summed E-state index contributed by atoms with van der Waals surface area (Å²) in [5.41, 5.74) is 1.10. The second kappa shape index (κ2) is 14.4. The molecule has 0 heterocycles. The first-order chi connectivity index (χ1) is 20.0. The highest BCUT2D eigenvalue weighted by molar-refractivity contribution is 7.92. The third-order valence-electron chi connectivity index (χ3n) is 7.34. The minimum absolute atomic E-state index is 0.0314. The van der Waals surface area contributed by atoms with E-state index < -0.39 is 34.3 Å². The van der Waals surface area contributed by atoms with Gasteiger partial charge in [-0.25, -0.2) is 12.8 Å². The first-order valence-corrected chi connectivity index (χ1v) is 16.4. The Morgan fingerprint density at radius 3 is 2.19 bits per heavy atom. The smallest absolute Gasteiger partial charge is 0.244 e. The lowest BCUT2D eigenvalue weighted by Gasteiger charge is -2.35. The number of halogens is 3. The van der Waals surface area contributed by atoms with Crippen molar-refractivity contribution in [2.75, 3.05) is 17.1 Å². The lowest BCUT2D eigenvalue weighted by Crippen LogP contribution is -2.55. The summed E-state index contributed by atoms with van der Waals surface area (Å²) in [6.07, 6.45) is 5.89. The number of amides is 2. The lowest BCUT2D eigenvalue weighted by atomic mass is 9.94. The molecule has 2 amide bonds. The Balaban J connectivity index is 1.74. The van der Waals surface area contributed by atoms with Crippen LogP contribution in [-0.2, 0) is 32.6 Å². The first kappa shape index (κ1) is 31.8. The predicted molar refractivity (Wildman–Crippen MR) is 165 cm³/mol. The number of nitrogens with zero attached hydrogens (tertiary/aromatic N) is 2. The van der Waals surface area contributed by atoms with Gasteiger partial charge in [0.1, 0.15) is 18.4 Å². The van der Waals surface area contributed by atoms with E-state index in [1.807, 2.05) is 30.3 Å². The van der Waals surface area contributed by atoms with Crippen molar-refractivity contribution in [3.8, 4) is 0 Å². The Morgan fingerprint density at radius 2 is 1.57 bits per heavy atom. The van der Waals surface area contributed by atoms with Gasteiger partial charge >= 0.3 is 0 Å². The van der Waals surface area contributed by atoms with Crippen LogP contribution in [0.25, 0.3) is 0 Å². The van der Waals surface area contributed by atoms with E-state index in [-0.39, 0.29) is 46.2 Å². The number of sulfonamides is 1. The minimum atomic E-state index is -3.99. The van der Waals surface area contributed by atoms with Gasteiger partial charge in [-0.2, -0.15) is 0 Å². The zero-order valence-corrected chi connectivity index (χ0v) is 25.6. The molecule has 0 spiro atoms. The molecule has 1 fully saturated rings. The Bertz CT molecular complexity index is 1480. The molecule has 0 aromatic heterocycles. The van der Waals surface area contributed by atoms with E-state index in [2.05, 4.69) is 5.32 Å². The van der Waals surface area contributed by atoms with E-state index in [1.165, 1.54) is 35.2 Å². The standard InChI is InChI=1S/C31H34Cl2FN3O4S/c1-42(40,41)37(27-18-24(32)17-25(33)19-27)21-30(38)36(20-23-12-8-9-15-28(23)34)29(16-22-10-4-2-5-11-22)31(39)35-26-13-6-3-7-14-26/h2,4-5,8-12,15,17-19,26,29H,3,6-7,13-14,16,20-21H2,1H3,(H,35,39)/t29-/m1/s1. The fourth-order valence-electron chi connectivity index (χ4n) is 5.21. The van der Waals surface area contributed by atoms with Crippen LogP contribution in [-0.4, -0.2) is 50.0 Å². The van der Waals surface area contributed by atoms with Crippen LogP contribution < -0.4 is 9.62 Å². The van der Waals surface area contributed by atoms with Crippen LogP contribution in [0, 0.1) is 5.82 Å². The maximum atomic E-state index is 14.9. The van der Waals surface area contributed by atoms with Gasteiger partial charge in [-0.05, 0) is 42.7 Å². The van der Waals surface area contributed by atoms with Gasteiger partial charge in [-0.15, -0.1) is 0 Å².